The maximum absolute atomic E-state index is 12.8. The molecule has 35 heavy (non-hydrogen) atoms. The molecule has 1 aliphatic heterocycles. The first-order valence-electron chi connectivity index (χ1n) is 10.9. The number of nitrogens with zero attached hydrogens (tertiary/aromatic N) is 6. The molecule has 0 aliphatic carbocycles. The summed E-state index contributed by atoms with van der Waals surface area (Å²) in [4.78, 5) is 6.24. The highest BCUT2D eigenvalue weighted by Gasteiger charge is 2.32. The van der Waals surface area contributed by atoms with Gasteiger partial charge in [0.1, 0.15) is 11.7 Å². The van der Waals surface area contributed by atoms with Crippen molar-refractivity contribution in [2.45, 2.75) is 31.6 Å². The lowest BCUT2D eigenvalue weighted by molar-refractivity contribution is -0.137. The molecule has 1 aliphatic rings. The average molecular weight is 482 g/mol. The van der Waals surface area contributed by atoms with E-state index in [4.69, 9.17) is 15.7 Å². The van der Waals surface area contributed by atoms with E-state index in [2.05, 4.69) is 20.5 Å². The van der Waals surface area contributed by atoms with Crippen molar-refractivity contribution in [3.05, 3.63) is 71.7 Å². The summed E-state index contributed by atoms with van der Waals surface area (Å²) in [6, 6.07) is 12.2. The summed E-state index contributed by atoms with van der Waals surface area (Å²) in [5.41, 5.74) is 7.70. The van der Waals surface area contributed by atoms with Gasteiger partial charge in [0.05, 0.1) is 18.3 Å². The number of aromatic nitrogens is 5. The van der Waals surface area contributed by atoms with Crippen LogP contribution in [0.2, 0.25) is 0 Å². The highest BCUT2D eigenvalue weighted by molar-refractivity contribution is 5.75. The van der Waals surface area contributed by atoms with Gasteiger partial charge in [-0.15, -0.1) is 5.10 Å². The molecule has 3 heterocycles. The van der Waals surface area contributed by atoms with Crippen molar-refractivity contribution in [3.63, 3.8) is 0 Å². The Kier molecular flexibility index (Phi) is 5.71. The van der Waals surface area contributed by atoms with Gasteiger partial charge < -0.3 is 15.2 Å². The van der Waals surface area contributed by atoms with Crippen molar-refractivity contribution in [2.75, 3.05) is 6.54 Å². The molecule has 0 bridgehead atoms. The van der Waals surface area contributed by atoms with Gasteiger partial charge in [-0.2, -0.15) is 18.2 Å². The molecule has 180 valence electrons. The Morgan fingerprint density at radius 1 is 1.09 bits per heavy atom. The number of hydrogen-bond acceptors (Lipinski definition) is 6. The van der Waals surface area contributed by atoms with Crippen LogP contribution in [0.25, 0.3) is 22.6 Å². The van der Waals surface area contributed by atoms with Crippen LogP contribution in [0.3, 0.4) is 0 Å². The number of alkyl halides is 3. The van der Waals surface area contributed by atoms with Gasteiger partial charge in [-0.1, -0.05) is 46.8 Å². The molecule has 0 spiro atoms. The summed E-state index contributed by atoms with van der Waals surface area (Å²) < 4.78 is 45.3. The van der Waals surface area contributed by atoms with E-state index >= 15 is 0 Å². The minimum atomic E-state index is -4.38. The van der Waals surface area contributed by atoms with E-state index in [1.54, 1.807) is 15.8 Å². The second-order valence-electron chi connectivity index (χ2n) is 8.27. The number of guanidine groups is 1. The van der Waals surface area contributed by atoms with Gasteiger partial charge in [-0.3, -0.25) is 5.41 Å². The second-order valence-corrected chi connectivity index (χ2v) is 8.27. The van der Waals surface area contributed by atoms with Gasteiger partial charge in [-0.05, 0) is 30.5 Å². The Morgan fingerprint density at radius 2 is 1.80 bits per heavy atom. The quantitative estimate of drug-likeness (QED) is 0.324. The Bertz CT molecular complexity index is 1330. The van der Waals surface area contributed by atoms with Gasteiger partial charge in [0, 0.05) is 17.7 Å². The SMILES string of the molecule is N=C(N)N1CCC[C@H]1c1nc(-c2ccc(Cn3cc(-c4ccc(C(F)(F)F)cc4)nn3)cc2)no1. The van der Waals surface area contributed by atoms with Crippen LogP contribution < -0.4 is 5.73 Å². The zero-order chi connectivity index (χ0) is 24.6. The number of benzene rings is 2. The molecule has 0 amide bonds. The summed E-state index contributed by atoms with van der Waals surface area (Å²) in [6.45, 7) is 1.12. The van der Waals surface area contributed by atoms with Crippen LogP contribution in [0, 0.1) is 5.41 Å². The van der Waals surface area contributed by atoms with Crippen LogP contribution in [-0.2, 0) is 12.7 Å². The normalized spacial score (nSPS) is 16.1. The Labute approximate surface area is 197 Å². The summed E-state index contributed by atoms with van der Waals surface area (Å²) >= 11 is 0. The highest BCUT2D eigenvalue weighted by Crippen LogP contribution is 2.32. The molecule has 1 atom stereocenters. The number of nitrogens with one attached hydrogen (secondary N) is 1. The molecular weight excluding hydrogens is 461 g/mol. The van der Waals surface area contributed by atoms with Crippen molar-refractivity contribution in [1.82, 2.24) is 30.0 Å². The fourth-order valence-corrected chi connectivity index (χ4v) is 4.08. The minimum Gasteiger partial charge on any atom is -0.370 e. The largest absolute Gasteiger partial charge is 0.416 e. The van der Waals surface area contributed by atoms with Crippen LogP contribution >= 0.6 is 0 Å². The van der Waals surface area contributed by atoms with Crippen molar-refractivity contribution < 1.29 is 17.7 Å². The van der Waals surface area contributed by atoms with E-state index in [1.807, 2.05) is 24.3 Å². The Hall–Kier alpha value is -4.22. The van der Waals surface area contributed by atoms with E-state index in [1.165, 1.54) is 12.1 Å². The molecule has 2 aromatic carbocycles. The fourth-order valence-electron chi connectivity index (χ4n) is 4.08. The lowest BCUT2D eigenvalue weighted by Gasteiger charge is -2.21. The summed E-state index contributed by atoms with van der Waals surface area (Å²) in [6.07, 6.45) is -0.993. The van der Waals surface area contributed by atoms with Crippen molar-refractivity contribution in [1.29, 1.82) is 5.41 Å². The van der Waals surface area contributed by atoms with E-state index < -0.39 is 11.7 Å². The zero-order valence-corrected chi connectivity index (χ0v) is 18.4. The average Bonchev–Trinajstić information content (AvgIpc) is 3.59. The van der Waals surface area contributed by atoms with Gasteiger partial charge >= 0.3 is 6.18 Å². The van der Waals surface area contributed by atoms with Gasteiger partial charge in [0.2, 0.25) is 11.7 Å². The standard InChI is InChI=1S/C23H21F3N8O/c24-23(25,26)17-9-7-15(8-10-17)18-13-33(32-30-18)12-14-3-5-16(6-4-14)20-29-21(35-31-20)19-2-1-11-34(19)22(27)28/h3-10,13,19H,1-2,11-12H2,(H3,27,28)/t19-/m0/s1. The molecule has 1 saturated heterocycles. The second kappa shape index (κ2) is 8.85. The summed E-state index contributed by atoms with van der Waals surface area (Å²) in [7, 11) is 0. The summed E-state index contributed by atoms with van der Waals surface area (Å²) in [5, 5.41) is 19.9. The van der Waals surface area contributed by atoms with E-state index in [0.29, 0.717) is 36.1 Å². The molecule has 0 saturated carbocycles. The first kappa shape index (κ1) is 22.6. The van der Waals surface area contributed by atoms with Gasteiger partial charge in [0.25, 0.3) is 0 Å². The smallest absolute Gasteiger partial charge is 0.370 e. The number of halogens is 3. The molecule has 4 aromatic rings. The minimum absolute atomic E-state index is 0.00815. The first-order valence-corrected chi connectivity index (χ1v) is 10.9. The van der Waals surface area contributed by atoms with Gasteiger partial charge in [-0.25, -0.2) is 4.68 Å². The maximum atomic E-state index is 12.8. The maximum Gasteiger partial charge on any atom is 0.416 e. The summed E-state index contributed by atoms with van der Waals surface area (Å²) in [5.74, 6) is 0.883. The predicted molar refractivity (Wildman–Crippen MR) is 120 cm³/mol. The molecule has 0 unspecified atom stereocenters. The lowest BCUT2D eigenvalue weighted by Crippen LogP contribution is -2.35. The predicted octanol–water partition coefficient (Wildman–Crippen LogP) is 4.09. The Balaban J connectivity index is 1.26. The molecule has 12 heteroatoms. The lowest BCUT2D eigenvalue weighted by atomic mass is 10.1. The number of rotatable bonds is 5. The molecule has 0 radical (unpaired) electrons. The van der Waals surface area contributed by atoms with E-state index in [-0.39, 0.29) is 12.0 Å². The third-order valence-electron chi connectivity index (χ3n) is 5.89. The molecule has 5 rings (SSSR count). The third kappa shape index (κ3) is 4.72. The molecule has 1 fully saturated rings. The monoisotopic (exact) mass is 482 g/mol. The highest BCUT2D eigenvalue weighted by atomic mass is 19.4. The number of likely N-dealkylation sites (tertiary alicyclic amines) is 1. The van der Waals surface area contributed by atoms with Crippen molar-refractivity contribution in [2.24, 2.45) is 5.73 Å². The third-order valence-corrected chi connectivity index (χ3v) is 5.89. The molecule has 9 nitrogen and oxygen atoms in total. The van der Waals surface area contributed by atoms with Crippen molar-refractivity contribution >= 4 is 5.96 Å². The molecule has 3 N–H and O–H groups in total. The van der Waals surface area contributed by atoms with Crippen LogP contribution in [0.5, 0.6) is 0 Å². The van der Waals surface area contributed by atoms with Crippen molar-refractivity contribution in [3.8, 4) is 22.6 Å². The molecule has 2 aromatic heterocycles. The van der Waals surface area contributed by atoms with Gasteiger partial charge in [0.15, 0.2) is 5.96 Å². The van der Waals surface area contributed by atoms with Crippen LogP contribution in [0.1, 0.15) is 35.9 Å². The topological polar surface area (TPSA) is 123 Å². The fraction of sp³-hybridized carbons (Fsp3) is 0.261. The first-order chi connectivity index (χ1) is 16.8. The zero-order valence-electron chi connectivity index (χ0n) is 18.4. The van der Waals surface area contributed by atoms with E-state index in [0.717, 1.165) is 36.1 Å². The van der Waals surface area contributed by atoms with E-state index in [9.17, 15) is 13.2 Å². The van der Waals surface area contributed by atoms with Crippen LogP contribution in [0.4, 0.5) is 13.2 Å². The van der Waals surface area contributed by atoms with Crippen LogP contribution in [0.15, 0.2) is 59.3 Å². The molecular formula is C23H21F3N8O. The van der Waals surface area contributed by atoms with Crippen LogP contribution in [-0.4, -0.2) is 42.5 Å². The number of nitrogens with two attached hydrogens (primary N) is 1. The number of hydrogen-bond donors (Lipinski definition) is 2. The Morgan fingerprint density at radius 3 is 2.49 bits per heavy atom.